The molecule has 1 saturated heterocycles. The molecule has 0 N–H and O–H groups in total. The van der Waals surface area contributed by atoms with Crippen molar-refractivity contribution < 1.29 is 23.0 Å². The number of carbonyl (C=O) groups excluding carboxylic acids is 1. The zero-order valence-corrected chi connectivity index (χ0v) is 13.8. The van der Waals surface area contributed by atoms with Crippen LogP contribution in [0.15, 0.2) is 48.5 Å². The summed E-state index contributed by atoms with van der Waals surface area (Å²) in [5, 5.41) is 8.97. The van der Waals surface area contributed by atoms with E-state index in [2.05, 4.69) is 4.74 Å². The predicted molar refractivity (Wildman–Crippen MR) is 88.8 cm³/mol. The van der Waals surface area contributed by atoms with Crippen LogP contribution in [0.5, 0.6) is 5.75 Å². The highest BCUT2D eigenvalue weighted by atomic mass is 19.3. The van der Waals surface area contributed by atoms with E-state index in [1.54, 1.807) is 41.3 Å². The van der Waals surface area contributed by atoms with Crippen LogP contribution in [0.3, 0.4) is 0 Å². The van der Waals surface area contributed by atoms with Crippen molar-refractivity contribution in [3.8, 4) is 11.8 Å². The van der Waals surface area contributed by atoms with Gasteiger partial charge < -0.3 is 14.4 Å². The maximum Gasteiger partial charge on any atom is 0.387 e. The second-order valence-corrected chi connectivity index (χ2v) is 5.75. The monoisotopic (exact) mass is 358 g/mol. The minimum atomic E-state index is -2.90. The molecule has 1 fully saturated rings. The molecule has 134 valence electrons. The van der Waals surface area contributed by atoms with E-state index in [1.165, 1.54) is 12.1 Å². The van der Waals surface area contributed by atoms with Crippen LogP contribution in [-0.4, -0.2) is 37.1 Å². The van der Waals surface area contributed by atoms with Crippen molar-refractivity contribution in [2.75, 3.05) is 19.7 Å². The van der Waals surface area contributed by atoms with Crippen molar-refractivity contribution in [1.29, 1.82) is 5.26 Å². The summed E-state index contributed by atoms with van der Waals surface area (Å²) in [5.74, 6) is -0.151. The molecule has 2 aromatic carbocycles. The first-order valence-electron chi connectivity index (χ1n) is 8.02. The highest BCUT2D eigenvalue weighted by Crippen LogP contribution is 2.27. The Bertz CT molecular complexity index is 836. The first-order valence-corrected chi connectivity index (χ1v) is 8.02. The number of carbonyl (C=O) groups is 1. The summed E-state index contributed by atoms with van der Waals surface area (Å²) in [6, 6.07) is 14.8. The molecule has 0 aliphatic carbocycles. The molecular weight excluding hydrogens is 342 g/mol. The number of amides is 1. The van der Waals surface area contributed by atoms with Crippen LogP contribution in [-0.2, 0) is 4.74 Å². The molecule has 2 aromatic rings. The van der Waals surface area contributed by atoms with E-state index in [-0.39, 0.29) is 18.2 Å². The topological polar surface area (TPSA) is 62.6 Å². The van der Waals surface area contributed by atoms with Gasteiger partial charge in [0.15, 0.2) is 0 Å². The van der Waals surface area contributed by atoms with Crippen molar-refractivity contribution >= 4 is 5.91 Å². The highest BCUT2D eigenvalue weighted by Gasteiger charge is 2.26. The Hall–Kier alpha value is -2.98. The van der Waals surface area contributed by atoms with Gasteiger partial charge in [0.05, 0.1) is 24.8 Å². The molecule has 5 nitrogen and oxygen atoms in total. The average Bonchev–Trinajstić information content (AvgIpc) is 2.67. The molecular formula is C19H16F2N2O3. The third-order valence-electron chi connectivity index (χ3n) is 4.05. The number of hydrogen-bond donors (Lipinski definition) is 0. The van der Waals surface area contributed by atoms with E-state index in [1.807, 2.05) is 6.07 Å². The number of nitrogens with zero attached hydrogens (tertiary/aromatic N) is 2. The predicted octanol–water partition coefficient (Wildman–Crippen LogP) is 3.37. The Kier molecular flexibility index (Phi) is 5.44. The number of benzene rings is 2. The van der Waals surface area contributed by atoms with Crippen LogP contribution >= 0.6 is 0 Å². The third-order valence-corrected chi connectivity index (χ3v) is 4.05. The van der Waals surface area contributed by atoms with Gasteiger partial charge >= 0.3 is 6.61 Å². The molecule has 1 atom stereocenters. The van der Waals surface area contributed by atoms with E-state index in [9.17, 15) is 13.6 Å². The summed E-state index contributed by atoms with van der Waals surface area (Å²) in [4.78, 5) is 14.3. The summed E-state index contributed by atoms with van der Waals surface area (Å²) in [6.07, 6.45) is -0.437. The van der Waals surface area contributed by atoms with Crippen LogP contribution in [0, 0.1) is 11.3 Å². The molecule has 1 aliphatic heterocycles. The van der Waals surface area contributed by atoms with Crippen molar-refractivity contribution in [2.45, 2.75) is 12.7 Å². The van der Waals surface area contributed by atoms with Gasteiger partial charge in [0.2, 0.25) is 0 Å². The molecule has 1 heterocycles. The number of nitriles is 1. The molecule has 0 spiro atoms. The van der Waals surface area contributed by atoms with Gasteiger partial charge in [0.1, 0.15) is 11.9 Å². The van der Waals surface area contributed by atoms with Crippen LogP contribution in [0.2, 0.25) is 0 Å². The van der Waals surface area contributed by atoms with E-state index < -0.39 is 12.7 Å². The van der Waals surface area contributed by atoms with Gasteiger partial charge in [-0.25, -0.2) is 0 Å². The molecule has 7 heteroatoms. The smallest absolute Gasteiger partial charge is 0.387 e. The first kappa shape index (κ1) is 17.8. The largest absolute Gasteiger partial charge is 0.435 e. The lowest BCUT2D eigenvalue weighted by Gasteiger charge is -2.33. The molecule has 1 aliphatic rings. The van der Waals surface area contributed by atoms with E-state index >= 15 is 0 Å². The van der Waals surface area contributed by atoms with Crippen molar-refractivity contribution in [1.82, 2.24) is 4.90 Å². The van der Waals surface area contributed by atoms with Crippen molar-refractivity contribution in [3.05, 3.63) is 65.2 Å². The fourth-order valence-electron chi connectivity index (χ4n) is 2.83. The summed E-state index contributed by atoms with van der Waals surface area (Å²) in [5.41, 5.74) is 1.50. The van der Waals surface area contributed by atoms with Crippen LogP contribution < -0.4 is 4.74 Å². The fraction of sp³-hybridized carbons (Fsp3) is 0.263. The van der Waals surface area contributed by atoms with Gasteiger partial charge in [-0.05, 0) is 35.9 Å². The van der Waals surface area contributed by atoms with Crippen molar-refractivity contribution in [3.63, 3.8) is 0 Å². The SMILES string of the molecule is N#Cc1cccc(C(=O)N2CCO[C@H](c3cccc(OC(F)F)c3)C2)c1. The maximum absolute atomic E-state index is 12.7. The summed E-state index contributed by atoms with van der Waals surface area (Å²) in [7, 11) is 0. The minimum absolute atomic E-state index is 0.0475. The maximum atomic E-state index is 12.7. The van der Waals surface area contributed by atoms with Crippen LogP contribution in [0.25, 0.3) is 0 Å². The van der Waals surface area contributed by atoms with E-state index in [4.69, 9.17) is 10.00 Å². The molecule has 0 radical (unpaired) electrons. The Labute approximate surface area is 149 Å². The first-order chi connectivity index (χ1) is 12.6. The summed E-state index contributed by atoms with van der Waals surface area (Å²) < 4.78 is 34.9. The van der Waals surface area contributed by atoms with Gasteiger partial charge in [-0.3, -0.25) is 4.79 Å². The Morgan fingerprint density at radius 3 is 2.85 bits per heavy atom. The molecule has 0 saturated carbocycles. The van der Waals surface area contributed by atoms with Gasteiger partial charge in [-0.1, -0.05) is 18.2 Å². The lowest BCUT2D eigenvalue weighted by Crippen LogP contribution is -2.42. The molecule has 26 heavy (non-hydrogen) atoms. The lowest BCUT2D eigenvalue weighted by atomic mass is 10.1. The lowest BCUT2D eigenvalue weighted by molar-refractivity contribution is -0.0504. The van der Waals surface area contributed by atoms with Gasteiger partial charge in [-0.2, -0.15) is 14.0 Å². The third kappa shape index (κ3) is 4.16. The molecule has 3 rings (SSSR count). The molecule has 0 unspecified atom stereocenters. The molecule has 0 aromatic heterocycles. The number of morpholine rings is 1. The summed E-state index contributed by atoms with van der Waals surface area (Å²) >= 11 is 0. The number of hydrogen-bond acceptors (Lipinski definition) is 4. The number of halogens is 2. The van der Waals surface area contributed by atoms with E-state index in [0.29, 0.717) is 29.8 Å². The Morgan fingerprint density at radius 2 is 2.08 bits per heavy atom. The van der Waals surface area contributed by atoms with E-state index in [0.717, 1.165) is 0 Å². The zero-order chi connectivity index (χ0) is 18.5. The van der Waals surface area contributed by atoms with Crippen molar-refractivity contribution in [2.24, 2.45) is 0 Å². The van der Waals surface area contributed by atoms with Crippen LogP contribution in [0.1, 0.15) is 27.6 Å². The fourth-order valence-corrected chi connectivity index (χ4v) is 2.83. The normalized spacial score (nSPS) is 17.0. The standard InChI is InChI=1S/C19H16F2N2O3/c20-19(21)26-16-6-2-4-14(10-16)17-12-23(7-8-25-17)18(24)15-5-1-3-13(9-15)11-22/h1-6,9-10,17,19H,7-8,12H2/t17-/m0/s1. The minimum Gasteiger partial charge on any atom is -0.435 e. The van der Waals surface area contributed by atoms with Gasteiger partial charge in [0, 0.05) is 12.1 Å². The quantitative estimate of drug-likeness (QED) is 0.841. The van der Waals surface area contributed by atoms with Crippen LogP contribution in [0.4, 0.5) is 8.78 Å². The highest BCUT2D eigenvalue weighted by molar-refractivity contribution is 5.94. The Balaban J connectivity index is 1.75. The summed E-state index contributed by atoms with van der Waals surface area (Å²) in [6.45, 7) is -1.87. The molecule has 0 bridgehead atoms. The average molecular weight is 358 g/mol. The Morgan fingerprint density at radius 1 is 1.27 bits per heavy atom. The molecule has 1 amide bonds. The second kappa shape index (κ2) is 7.93. The van der Waals surface area contributed by atoms with Gasteiger partial charge in [0.25, 0.3) is 5.91 Å². The number of rotatable bonds is 4. The number of alkyl halides is 2. The zero-order valence-electron chi connectivity index (χ0n) is 13.8. The number of ether oxygens (including phenoxy) is 2. The second-order valence-electron chi connectivity index (χ2n) is 5.75. The van der Waals surface area contributed by atoms with Gasteiger partial charge in [-0.15, -0.1) is 0 Å².